The second-order valence-electron chi connectivity index (χ2n) is 3.86. The fourth-order valence-corrected chi connectivity index (χ4v) is 2.66. The molecule has 1 aromatic heterocycles. The first-order valence-corrected chi connectivity index (χ1v) is 7.22. The summed E-state index contributed by atoms with van der Waals surface area (Å²) < 4.78 is 31.6. The zero-order valence-corrected chi connectivity index (χ0v) is 11.3. The Morgan fingerprint density at radius 2 is 2.26 bits per heavy atom. The Labute approximate surface area is 111 Å². The Balaban J connectivity index is 2.01. The molecule has 2 N–H and O–H groups in total. The monoisotopic (exact) mass is 281 g/mol. The summed E-state index contributed by atoms with van der Waals surface area (Å²) in [5, 5.41) is 0. The molecule has 0 aliphatic heterocycles. The third kappa shape index (κ3) is 3.55. The molecule has 0 aliphatic rings. The summed E-state index contributed by atoms with van der Waals surface area (Å²) in [6.07, 6.45) is 3.84. The molecule has 7 heteroatoms. The number of sulfonamides is 1. The van der Waals surface area contributed by atoms with Crippen LogP contribution in [-0.2, 0) is 16.4 Å². The van der Waals surface area contributed by atoms with Crippen molar-refractivity contribution in [3.05, 3.63) is 42.5 Å². The topological polar surface area (TPSA) is 84.1 Å². The molecule has 0 radical (unpaired) electrons. The van der Waals surface area contributed by atoms with Crippen molar-refractivity contribution in [3.63, 3.8) is 0 Å². The first-order chi connectivity index (χ1) is 9.12. The molecule has 0 amide bonds. The van der Waals surface area contributed by atoms with Crippen LogP contribution in [0.25, 0.3) is 0 Å². The van der Waals surface area contributed by atoms with Crippen LogP contribution < -0.4 is 9.46 Å². The van der Waals surface area contributed by atoms with Gasteiger partial charge in [0.15, 0.2) is 0 Å². The van der Waals surface area contributed by atoms with Gasteiger partial charge in [0.2, 0.25) is 10.0 Å². The highest BCUT2D eigenvalue weighted by molar-refractivity contribution is 7.89. The SMILES string of the molecule is COc1cccc(S(=O)(=O)NCCc2ncc[nH]2)c1. The second-order valence-corrected chi connectivity index (χ2v) is 5.63. The molecule has 0 unspecified atom stereocenters. The molecular formula is C12H15N3O3S. The van der Waals surface area contributed by atoms with Crippen LogP contribution in [0, 0.1) is 0 Å². The predicted molar refractivity (Wildman–Crippen MR) is 70.5 cm³/mol. The molecule has 0 spiro atoms. The number of rotatable bonds is 6. The minimum atomic E-state index is -3.52. The van der Waals surface area contributed by atoms with E-state index in [1.54, 1.807) is 24.5 Å². The van der Waals surface area contributed by atoms with Crippen molar-refractivity contribution in [3.8, 4) is 5.75 Å². The van der Waals surface area contributed by atoms with Gasteiger partial charge in [-0.05, 0) is 12.1 Å². The Morgan fingerprint density at radius 1 is 1.42 bits per heavy atom. The fraction of sp³-hybridized carbons (Fsp3) is 0.250. The summed E-state index contributed by atoms with van der Waals surface area (Å²) in [6, 6.07) is 6.34. The lowest BCUT2D eigenvalue weighted by atomic mass is 10.3. The molecular weight excluding hydrogens is 266 g/mol. The summed E-state index contributed by atoms with van der Waals surface area (Å²) in [5.74, 6) is 1.25. The maximum absolute atomic E-state index is 12.0. The third-order valence-corrected chi connectivity index (χ3v) is 4.02. The van der Waals surface area contributed by atoms with E-state index in [4.69, 9.17) is 4.74 Å². The summed E-state index contributed by atoms with van der Waals surface area (Å²) in [7, 11) is -2.02. The first-order valence-electron chi connectivity index (χ1n) is 5.74. The highest BCUT2D eigenvalue weighted by Crippen LogP contribution is 2.16. The highest BCUT2D eigenvalue weighted by Gasteiger charge is 2.14. The summed E-state index contributed by atoms with van der Waals surface area (Å²) in [5.41, 5.74) is 0. The number of benzene rings is 1. The maximum atomic E-state index is 12.0. The number of aromatic nitrogens is 2. The van der Waals surface area contributed by atoms with Gasteiger partial charge in [-0.1, -0.05) is 6.07 Å². The van der Waals surface area contributed by atoms with Crippen molar-refractivity contribution < 1.29 is 13.2 Å². The molecule has 1 heterocycles. The molecule has 2 rings (SSSR count). The van der Waals surface area contributed by atoms with Gasteiger partial charge in [0, 0.05) is 31.4 Å². The summed E-state index contributed by atoms with van der Waals surface area (Å²) in [4.78, 5) is 7.13. The molecule has 0 atom stereocenters. The fourth-order valence-electron chi connectivity index (χ4n) is 1.59. The standard InChI is InChI=1S/C12H15N3O3S/c1-18-10-3-2-4-11(9-10)19(16,17)15-6-5-12-13-7-8-14-12/h2-4,7-9,15H,5-6H2,1H3,(H,13,14). The molecule has 2 aromatic rings. The molecule has 0 fully saturated rings. The zero-order valence-electron chi connectivity index (χ0n) is 10.5. The van der Waals surface area contributed by atoms with Crippen molar-refractivity contribution in [2.24, 2.45) is 0 Å². The van der Waals surface area contributed by atoms with E-state index in [0.29, 0.717) is 12.2 Å². The highest BCUT2D eigenvalue weighted by atomic mass is 32.2. The lowest BCUT2D eigenvalue weighted by molar-refractivity contribution is 0.413. The molecule has 0 aliphatic carbocycles. The minimum Gasteiger partial charge on any atom is -0.497 e. The quantitative estimate of drug-likeness (QED) is 0.825. The lowest BCUT2D eigenvalue weighted by Gasteiger charge is -2.07. The van der Waals surface area contributed by atoms with Gasteiger partial charge < -0.3 is 9.72 Å². The number of imidazole rings is 1. The second kappa shape index (κ2) is 5.85. The van der Waals surface area contributed by atoms with Crippen LogP contribution >= 0.6 is 0 Å². The van der Waals surface area contributed by atoms with Crippen LogP contribution in [0.3, 0.4) is 0 Å². The number of methoxy groups -OCH3 is 1. The van der Waals surface area contributed by atoms with Crippen molar-refractivity contribution in [2.45, 2.75) is 11.3 Å². The van der Waals surface area contributed by atoms with Gasteiger partial charge >= 0.3 is 0 Å². The first kappa shape index (κ1) is 13.6. The van der Waals surface area contributed by atoms with Crippen molar-refractivity contribution in [1.29, 1.82) is 0 Å². The number of nitrogens with zero attached hydrogens (tertiary/aromatic N) is 1. The van der Waals surface area contributed by atoms with E-state index in [-0.39, 0.29) is 11.4 Å². The minimum absolute atomic E-state index is 0.186. The van der Waals surface area contributed by atoms with Gasteiger partial charge in [-0.2, -0.15) is 0 Å². The summed E-state index contributed by atoms with van der Waals surface area (Å²) in [6.45, 7) is 0.285. The van der Waals surface area contributed by atoms with E-state index in [9.17, 15) is 8.42 Å². The summed E-state index contributed by atoms with van der Waals surface area (Å²) >= 11 is 0. The van der Waals surface area contributed by atoms with E-state index < -0.39 is 10.0 Å². The third-order valence-electron chi connectivity index (χ3n) is 2.56. The normalized spacial score (nSPS) is 11.4. The number of ether oxygens (including phenoxy) is 1. The van der Waals surface area contributed by atoms with E-state index in [1.807, 2.05) is 0 Å². The molecule has 102 valence electrons. The number of nitrogens with one attached hydrogen (secondary N) is 2. The predicted octanol–water partition coefficient (Wildman–Crippen LogP) is 0.939. The Kier molecular flexibility index (Phi) is 4.18. The Morgan fingerprint density at radius 3 is 2.95 bits per heavy atom. The number of hydrogen-bond donors (Lipinski definition) is 2. The molecule has 0 saturated heterocycles. The lowest BCUT2D eigenvalue weighted by Crippen LogP contribution is -2.26. The van der Waals surface area contributed by atoms with E-state index in [2.05, 4.69) is 14.7 Å². The largest absolute Gasteiger partial charge is 0.497 e. The van der Waals surface area contributed by atoms with Crippen molar-refractivity contribution in [2.75, 3.05) is 13.7 Å². The van der Waals surface area contributed by atoms with Gasteiger partial charge in [0.25, 0.3) is 0 Å². The Hall–Kier alpha value is -1.86. The van der Waals surface area contributed by atoms with Crippen LogP contribution in [0.15, 0.2) is 41.6 Å². The van der Waals surface area contributed by atoms with E-state index in [0.717, 1.165) is 5.82 Å². The van der Waals surface area contributed by atoms with E-state index in [1.165, 1.54) is 19.2 Å². The van der Waals surface area contributed by atoms with Gasteiger partial charge in [-0.3, -0.25) is 0 Å². The van der Waals surface area contributed by atoms with Gasteiger partial charge in [-0.25, -0.2) is 18.1 Å². The van der Waals surface area contributed by atoms with Crippen LogP contribution in [0.5, 0.6) is 5.75 Å². The maximum Gasteiger partial charge on any atom is 0.240 e. The number of aromatic amines is 1. The molecule has 0 saturated carbocycles. The molecule has 0 bridgehead atoms. The average molecular weight is 281 g/mol. The van der Waals surface area contributed by atoms with Gasteiger partial charge in [0.05, 0.1) is 12.0 Å². The van der Waals surface area contributed by atoms with Crippen LogP contribution in [0.4, 0.5) is 0 Å². The van der Waals surface area contributed by atoms with Crippen molar-refractivity contribution >= 4 is 10.0 Å². The Bertz CT molecular complexity index is 623. The van der Waals surface area contributed by atoms with Gasteiger partial charge in [0.1, 0.15) is 11.6 Å². The number of H-pyrrole nitrogens is 1. The van der Waals surface area contributed by atoms with E-state index >= 15 is 0 Å². The smallest absolute Gasteiger partial charge is 0.240 e. The van der Waals surface area contributed by atoms with Crippen LogP contribution in [0.2, 0.25) is 0 Å². The van der Waals surface area contributed by atoms with Crippen molar-refractivity contribution in [1.82, 2.24) is 14.7 Å². The molecule has 6 nitrogen and oxygen atoms in total. The number of hydrogen-bond acceptors (Lipinski definition) is 4. The molecule has 1 aromatic carbocycles. The van der Waals surface area contributed by atoms with Crippen LogP contribution in [-0.4, -0.2) is 32.0 Å². The average Bonchev–Trinajstić information content (AvgIpc) is 2.92. The zero-order chi connectivity index (χ0) is 13.7. The van der Waals surface area contributed by atoms with Gasteiger partial charge in [-0.15, -0.1) is 0 Å². The van der Waals surface area contributed by atoms with Crippen LogP contribution in [0.1, 0.15) is 5.82 Å². The molecule has 19 heavy (non-hydrogen) atoms.